The van der Waals surface area contributed by atoms with Gasteiger partial charge in [-0.15, -0.1) is 11.3 Å². The summed E-state index contributed by atoms with van der Waals surface area (Å²) in [5.74, 6) is 0.118. The number of aryl methyl sites for hydroxylation is 1. The van der Waals surface area contributed by atoms with E-state index in [-0.39, 0.29) is 5.84 Å². The Bertz CT molecular complexity index is 827. The summed E-state index contributed by atoms with van der Waals surface area (Å²) in [4.78, 5) is 5.59. The first-order chi connectivity index (χ1) is 10.2. The van der Waals surface area contributed by atoms with Gasteiger partial charge in [-0.1, -0.05) is 41.2 Å². The number of hydrogen-bond acceptors (Lipinski definition) is 5. The van der Waals surface area contributed by atoms with E-state index in [9.17, 15) is 0 Å². The highest BCUT2D eigenvalue weighted by Gasteiger charge is 2.11. The molecule has 0 fully saturated rings. The lowest BCUT2D eigenvalue weighted by molar-refractivity contribution is 0.318. The minimum Gasteiger partial charge on any atom is -0.409 e. The predicted octanol–water partition coefficient (Wildman–Crippen LogP) is 3.85. The molecule has 0 radical (unpaired) electrons. The molecule has 1 aromatic heterocycles. The maximum absolute atomic E-state index is 8.90. The van der Waals surface area contributed by atoms with Gasteiger partial charge in [-0.25, -0.2) is 4.98 Å². The number of rotatable bonds is 3. The number of hydrogen-bond donors (Lipinski definition) is 2. The molecule has 0 atom stereocenters. The largest absolute Gasteiger partial charge is 0.409 e. The fraction of sp³-hybridized carbons (Fsp3) is 0.0667. The molecule has 21 heavy (non-hydrogen) atoms. The fourth-order valence-corrected chi connectivity index (χ4v) is 4.04. The Morgan fingerprint density at radius 2 is 2.00 bits per heavy atom. The van der Waals surface area contributed by atoms with Crippen LogP contribution in [0.1, 0.15) is 11.3 Å². The SMILES string of the molecule is Cc1csc(Sc2ccc(/C(N)=N/O)c3ccccc23)n1. The van der Waals surface area contributed by atoms with Crippen LogP contribution in [0.3, 0.4) is 0 Å². The van der Waals surface area contributed by atoms with Gasteiger partial charge in [-0.3, -0.25) is 0 Å². The van der Waals surface area contributed by atoms with E-state index in [1.165, 1.54) is 0 Å². The van der Waals surface area contributed by atoms with Crippen LogP contribution in [0.25, 0.3) is 10.8 Å². The minimum atomic E-state index is 0.118. The van der Waals surface area contributed by atoms with Crippen LogP contribution >= 0.6 is 23.1 Å². The molecule has 3 aromatic rings. The summed E-state index contributed by atoms with van der Waals surface area (Å²) in [5.41, 5.74) is 7.51. The molecule has 1 heterocycles. The van der Waals surface area contributed by atoms with Crippen molar-refractivity contribution < 1.29 is 5.21 Å². The van der Waals surface area contributed by atoms with Crippen LogP contribution < -0.4 is 5.73 Å². The van der Waals surface area contributed by atoms with Crippen LogP contribution in [0.5, 0.6) is 0 Å². The van der Waals surface area contributed by atoms with E-state index in [4.69, 9.17) is 10.9 Å². The van der Waals surface area contributed by atoms with Gasteiger partial charge in [0.1, 0.15) is 0 Å². The third-order valence-electron chi connectivity index (χ3n) is 3.06. The standard InChI is InChI=1S/C15H13N3OS2/c1-9-8-20-15(17-9)21-13-7-6-12(14(16)18-19)10-4-2-3-5-11(10)13/h2-8,19H,1H3,(H2,16,18). The summed E-state index contributed by atoms with van der Waals surface area (Å²) in [5, 5.41) is 16.1. The van der Waals surface area contributed by atoms with Crippen LogP contribution in [-0.4, -0.2) is 16.0 Å². The Morgan fingerprint density at radius 3 is 2.67 bits per heavy atom. The zero-order valence-electron chi connectivity index (χ0n) is 11.3. The second kappa shape index (κ2) is 5.75. The van der Waals surface area contributed by atoms with Gasteiger partial charge in [-0.05, 0) is 29.8 Å². The highest BCUT2D eigenvalue weighted by molar-refractivity contribution is 8.01. The molecule has 4 nitrogen and oxygen atoms in total. The average Bonchev–Trinajstić information content (AvgIpc) is 2.92. The molecular formula is C15H13N3OS2. The summed E-state index contributed by atoms with van der Waals surface area (Å²) in [6, 6.07) is 11.8. The maximum atomic E-state index is 8.90. The molecule has 0 saturated heterocycles. The van der Waals surface area contributed by atoms with Crippen molar-refractivity contribution in [1.82, 2.24) is 4.98 Å². The van der Waals surface area contributed by atoms with Crippen LogP contribution in [-0.2, 0) is 0 Å². The van der Waals surface area contributed by atoms with E-state index in [1.807, 2.05) is 48.7 Å². The van der Waals surface area contributed by atoms with E-state index in [1.54, 1.807) is 23.1 Å². The molecule has 106 valence electrons. The molecule has 0 spiro atoms. The summed E-state index contributed by atoms with van der Waals surface area (Å²) in [6.07, 6.45) is 0. The quantitative estimate of drug-likeness (QED) is 0.333. The average molecular weight is 315 g/mol. The van der Waals surface area contributed by atoms with Crippen molar-refractivity contribution in [3.05, 3.63) is 53.0 Å². The molecule has 0 amide bonds. The Balaban J connectivity index is 2.13. The Labute approximate surface area is 130 Å². The monoisotopic (exact) mass is 315 g/mol. The topological polar surface area (TPSA) is 71.5 Å². The third kappa shape index (κ3) is 2.72. The summed E-state index contributed by atoms with van der Waals surface area (Å²) in [7, 11) is 0. The molecule has 0 aliphatic rings. The van der Waals surface area contributed by atoms with Crippen molar-refractivity contribution >= 4 is 39.7 Å². The van der Waals surface area contributed by atoms with Crippen LogP contribution in [0.4, 0.5) is 0 Å². The van der Waals surface area contributed by atoms with Gasteiger partial charge in [0.2, 0.25) is 0 Å². The number of oxime groups is 1. The van der Waals surface area contributed by atoms with Gasteiger partial charge in [0.15, 0.2) is 10.2 Å². The van der Waals surface area contributed by atoms with Crippen LogP contribution in [0, 0.1) is 6.92 Å². The van der Waals surface area contributed by atoms with E-state index in [0.717, 1.165) is 31.3 Å². The van der Waals surface area contributed by atoms with Gasteiger partial charge in [0.25, 0.3) is 0 Å². The number of benzene rings is 2. The van der Waals surface area contributed by atoms with Gasteiger partial charge in [0.05, 0.1) is 0 Å². The van der Waals surface area contributed by atoms with Crippen molar-refractivity contribution in [3.63, 3.8) is 0 Å². The van der Waals surface area contributed by atoms with Gasteiger partial charge in [0, 0.05) is 21.5 Å². The van der Waals surface area contributed by atoms with Crippen molar-refractivity contribution in [2.24, 2.45) is 10.9 Å². The lowest BCUT2D eigenvalue weighted by atomic mass is 10.0. The Morgan fingerprint density at radius 1 is 1.24 bits per heavy atom. The summed E-state index contributed by atoms with van der Waals surface area (Å²) in [6.45, 7) is 1.99. The predicted molar refractivity (Wildman–Crippen MR) is 87.4 cm³/mol. The molecule has 0 saturated carbocycles. The summed E-state index contributed by atoms with van der Waals surface area (Å²) < 4.78 is 1.01. The molecule has 0 unspecified atom stereocenters. The highest BCUT2D eigenvalue weighted by Crippen LogP contribution is 2.36. The molecule has 6 heteroatoms. The molecule has 3 rings (SSSR count). The lowest BCUT2D eigenvalue weighted by Crippen LogP contribution is -2.13. The first-order valence-corrected chi connectivity index (χ1v) is 7.98. The lowest BCUT2D eigenvalue weighted by Gasteiger charge is -2.09. The third-order valence-corrected chi connectivity index (χ3v) is 5.20. The molecule has 3 N–H and O–H groups in total. The van der Waals surface area contributed by atoms with Gasteiger partial charge in [-0.2, -0.15) is 0 Å². The minimum absolute atomic E-state index is 0.118. The molecule has 0 aliphatic heterocycles. The van der Waals surface area contributed by atoms with Crippen LogP contribution in [0.15, 0.2) is 56.2 Å². The second-order valence-electron chi connectivity index (χ2n) is 4.50. The van der Waals surface area contributed by atoms with Gasteiger partial charge >= 0.3 is 0 Å². The van der Waals surface area contributed by atoms with E-state index < -0.39 is 0 Å². The number of aromatic nitrogens is 1. The second-order valence-corrected chi connectivity index (χ2v) is 6.65. The first kappa shape index (κ1) is 13.9. The van der Waals surface area contributed by atoms with Gasteiger partial charge < -0.3 is 10.9 Å². The number of fused-ring (bicyclic) bond motifs is 1. The maximum Gasteiger partial charge on any atom is 0.170 e. The Kier molecular flexibility index (Phi) is 3.81. The van der Waals surface area contributed by atoms with Crippen molar-refractivity contribution in [3.8, 4) is 0 Å². The highest BCUT2D eigenvalue weighted by atomic mass is 32.2. The Hall–Kier alpha value is -2.05. The normalized spacial score (nSPS) is 12.0. The number of nitrogens with zero attached hydrogens (tertiary/aromatic N) is 2. The molecular weight excluding hydrogens is 302 g/mol. The number of amidine groups is 1. The van der Waals surface area contributed by atoms with E-state index in [2.05, 4.69) is 10.1 Å². The molecule has 0 aliphatic carbocycles. The molecule has 2 aromatic carbocycles. The van der Waals surface area contributed by atoms with E-state index in [0.29, 0.717) is 0 Å². The number of thiazole rings is 1. The zero-order valence-corrected chi connectivity index (χ0v) is 12.9. The zero-order chi connectivity index (χ0) is 14.8. The van der Waals surface area contributed by atoms with Crippen molar-refractivity contribution in [2.75, 3.05) is 0 Å². The van der Waals surface area contributed by atoms with Crippen molar-refractivity contribution in [2.45, 2.75) is 16.2 Å². The smallest absolute Gasteiger partial charge is 0.170 e. The molecule has 0 bridgehead atoms. The van der Waals surface area contributed by atoms with E-state index >= 15 is 0 Å². The van der Waals surface area contributed by atoms with Crippen molar-refractivity contribution in [1.29, 1.82) is 0 Å². The fourth-order valence-electron chi connectivity index (χ4n) is 2.11. The first-order valence-electron chi connectivity index (χ1n) is 6.28. The van der Waals surface area contributed by atoms with Crippen LogP contribution in [0.2, 0.25) is 0 Å². The summed E-state index contributed by atoms with van der Waals surface area (Å²) >= 11 is 3.26. The number of nitrogens with two attached hydrogens (primary N) is 1.